The first-order valence-corrected chi connectivity index (χ1v) is 8.41. The molecule has 3 aromatic rings. The number of ether oxygens (including phenoxy) is 1. The average Bonchev–Trinajstić information content (AvgIpc) is 3.02. The van der Waals surface area contributed by atoms with Crippen molar-refractivity contribution in [2.45, 2.75) is 12.6 Å². The van der Waals surface area contributed by atoms with E-state index in [1.807, 2.05) is 0 Å². The maximum atomic E-state index is 13.0. The minimum absolute atomic E-state index is 0.0392. The fourth-order valence-corrected chi connectivity index (χ4v) is 2.90. The van der Waals surface area contributed by atoms with Gasteiger partial charge in [-0.05, 0) is 30.3 Å². The largest absolute Gasteiger partial charge is 0.497 e. The highest BCUT2D eigenvalue weighted by molar-refractivity contribution is 5.98. The minimum Gasteiger partial charge on any atom is -0.497 e. The molecule has 0 atom stereocenters. The molecule has 8 heteroatoms. The molecule has 0 spiro atoms. The van der Waals surface area contributed by atoms with Gasteiger partial charge < -0.3 is 19.4 Å². The van der Waals surface area contributed by atoms with Gasteiger partial charge in [-0.3, -0.25) is 4.79 Å². The third kappa shape index (κ3) is 4.05. The standard InChI is InChI=1S/C20H19F3N2O3/c1-25(2)17-7-4-13(20(21,22)23)9-16(17)24-19(26)8-12-11-28-18-10-14(27-3)5-6-15(12)18/h4-7,9-11H,8H2,1-3H3,(H,24,26). The molecule has 0 bridgehead atoms. The SMILES string of the molecule is COc1ccc2c(CC(=O)Nc3cc(C(F)(F)F)ccc3N(C)C)coc2c1. The Kier molecular flexibility index (Phi) is 5.22. The number of methoxy groups -OCH3 is 1. The third-order valence-electron chi connectivity index (χ3n) is 4.29. The van der Waals surface area contributed by atoms with Crippen LogP contribution in [0.15, 0.2) is 47.1 Å². The minimum atomic E-state index is -4.50. The smallest absolute Gasteiger partial charge is 0.416 e. The van der Waals surface area contributed by atoms with Crippen LogP contribution in [-0.2, 0) is 17.4 Å². The first-order valence-electron chi connectivity index (χ1n) is 8.41. The summed E-state index contributed by atoms with van der Waals surface area (Å²) < 4.78 is 49.7. The lowest BCUT2D eigenvalue weighted by atomic mass is 10.1. The number of nitrogens with zero attached hydrogens (tertiary/aromatic N) is 1. The van der Waals surface area contributed by atoms with E-state index >= 15 is 0 Å². The Labute approximate surface area is 159 Å². The fraction of sp³-hybridized carbons (Fsp3) is 0.250. The summed E-state index contributed by atoms with van der Waals surface area (Å²) in [6.45, 7) is 0. The van der Waals surface area contributed by atoms with E-state index in [0.29, 0.717) is 22.6 Å². The Morgan fingerprint density at radius 1 is 1.18 bits per heavy atom. The molecule has 0 fully saturated rings. The number of nitrogens with one attached hydrogen (secondary N) is 1. The van der Waals surface area contributed by atoms with Gasteiger partial charge in [-0.2, -0.15) is 13.2 Å². The van der Waals surface area contributed by atoms with Crippen LogP contribution < -0.4 is 15.0 Å². The number of amides is 1. The number of fused-ring (bicyclic) bond motifs is 1. The van der Waals surface area contributed by atoms with Gasteiger partial charge in [0.2, 0.25) is 5.91 Å². The number of rotatable bonds is 5. The average molecular weight is 392 g/mol. The van der Waals surface area contributed by atoms with Crippen LogP contribution >= 0.6 is 0 Å². The molecule has 1 aromatic heterocycles. The molecule has 1 heterocycles. The van der Waals surface area contributed by atoms with E-state index < -0.39 is 17.6 Å². The Balaban J connectivity index is 1.85. The second kappa shape index (κ2) is 7.46. The number of anilines is 2. The molecule has 0 unspecified atom stereocenters. The van der Waals surface area contributed by atoms with Crippen LogP contribution in [0.1, 0.15) is 11.1 Å². The molecular weight excluding hydrogens is 373 g/mol. The molecule has 5 nitrogen and oxygen atoms in total. The molecule has 3 rings (SSSR count). The fourth-order valence-electron chi connectivity index (χ4n) is 2.90. The number of benzene rings is 2. The van der Waals surface area contributed by atoms with Crippen LogP contribution in [0.25, 0.3) is 11.0 Å². The van der Waals surface area contributed by atoms with E-state index in [-0.39, 0.29) is 12.1 Å². The lowest BCUT2D eigenvalue weighted by Crippen LogP contribution is -2.19. The molecular formula is C20H19F3N2O3. The highest BCUT2D eigenvalue weighted by Crippen LogP contribution is 2.35. The normalized spacial score (nSPS) is 11.5. The molecule has 1 N–H and O–H groups in total. The van der Waals surface area contributed by atoms with Crippen molar-refractivity contribution < 1.29 is 27.1 Å². The zero-order chi connectivity index (χ0) is 20.5. The van der Waals surface area contributed by atoms with Crippen molar-refractivity contribution in [2.75, 3.05) is 31.4 Å². The molecule has 148 valence electrons. The second-order valence-corrected chi connectivity index (χ2v) is 6.47. The number of carbonyl (C=O) groups is 1. The Morgan fingerprint density at radius 3 is 2.57 bits per heavy atom. The van der Waals surface area contributed by atoms with Gasteiger partial charge in [-0.1, -0.05) is 0 Å². The number of carbonyl (C=O) groups excluding carboxylic acids is 1. The van der Waals surface area contributed by atoms with E-state index in [2.05, 4.69) is 5.32 Å². The zero-order valence-electron chi connectivity index (χ0n) is 15.6. The van der Waals surface area contributed by atoms with E-state index in [0.717, 1.165) is 17.5 Å². The number of hydrogen-bond acceptors (Lipinski definition) is 4. The molecule has 2 aromatic carbocycles. The Morgan fingerprint density at radius 2 is 1.93 bits per heavy atom. The maximum absolute atomic E-state index is 13.0. The highest BCUT2D eigenvalue weighted by Gasteiger charge is 2.31. The monoisotopic (exact) mass is 392 g/mol. The van der Waals surface area contributed by atoms with Crippen molar-refractivity contribution in [3.05, 3.63) is 53.8 Å². The predicted molar refractivity (Wildman–Crippen MR) is 101 cm³/mol. The zero-order valence-corrected chi connectivity index (χ0v) is 15.6. The lowest BCUT2D eigenvalue weighted by molar-refractivity contribution is -0.137. The van der Waals surface area contributed by atoms with Gasteiger partial charge >= 0.3 is 6.18 Å². The molecule has 0 radical (unpaired) electrons. The summed E-state index contributed by atoms with van der Waals surface area (Å²) in [5.41, 5.74) is 0.945. The third-order valence-corrected chi connectivity index (χ3v) is 4.29. The van der Waals surface area contributed by atoms with Crippen molar-refractivity contribution >= 4 is 28.3 Å². The molecule has 0 saturated heterocycles. The van der Waals surface area contributed by atoms with E-state index in [1.165, 1.54) is 19.4 Å². The molecule has 1 amide bonds. The van der Waals surface area contributed by atoms with Gasteiger partial charge in [-0.25, -0.2) is 0 Å². The summed E-state index contributed by atoms with van der Waals surface area (Å²) in [6.07, 6.45) is -3.07. The highest BCUT2D eigenvalue weighted by atomic mass is 19.4. The van der Waals surface area contributed by atoms with Crippen LogP contribution in [0.3, 0.4) is 0 Å². The predicted octanol–water partition coefficient (Wildman–Crippen LogP) is 4.71. The lowest BCUT2D eigenvalue weighted by Gasteiger charge is -2.19. The molecule has 28 heavy (non-hydrogen) atoms. The summed E-state index contributed by atoms with van der Waals surface area (Å²) in [4.78, 5) is 14.1. The van der Waals surface area contributed by atoms with Crippen molar-refractivity contribution in [1.82, 2.24) is 0 Å². The van der Waals surface area contributed by atoms with E-state index in [9.17, 15) is 18.0 Å². The summed E-state index contributed by atoms with van der Waals surface area (Å²) in [5.74, 6) is 0.179. The summed E-state index contributed by atoms with van der Waals surface area (Å²) in [7, 11) is 4.92. The topological polar surface area (TPSA) is 54.7 Å². The first kappa shape index (κ1) is 19.6. The van der Waals surface area contributed by atoms with E-state index in [4.69, 9.17) is 9.15 Å². The van der Waals surface area contributed by atoms with Crippen LogP contribution in [0.4, 0.5) is 24.5 Å². The van der Waals surface area contributed by atoms with Crippen LogP contribution in [-0.4, -0.2) is 27.1 Å². The van der Waals surface area contributed by atoms with Gasteiger partial charge in [-0.15, -0.1) is 0 Å². The maximum Gasteiger partial charge on any atom is 0.416 e. The van der Waals surface area contributed by atoms with Crippen molar-refractivity contribution in [1.29, 1.82) is 0 Å². The van der Waals surface area contributed by atoms with Crippen molar-refractivity contribution in [3.8, 4) is 5.75 Å². The van der Waals surface area contributed by atoms with E-state index in [1.54, 1.807) is 37.2 Å². The van der Waals surface area contributed by atoms with Gasteiger partial charge in [0, 0.05) is 31.1 Å². The summed E-state index contributed by atoms with van der Waals surface area (Å²) >= 11 is 0. The van der Waals surface area contributed by atoms with Crippen molar-refractivity contribution in [2.24, 2.45) is 0 Å². The van der Waals surface area contributed by atoms with Crippen LogP contribution in [0.2, 0.25) is 0 Å². The summed E-state index contributed by atoms with van der Waals surface area (Å²) in [5, 5.41) is 3.33. The van der Waals surface area contributed by atoms with Gasteiger partial charge in [0.15, 0.2) is 0 Å². The number of halogens is 3. The quantitative estimate of drug-likeness (QED) is 0.683. The van der Waals surface area contributed by atoms with Gasteiger partial charge in [0.1, 0.15) is 11.3 Å². The van der Waals surface area contributed by atoms with Gasteiger partial charge in [0.25, 0.3) is 0 Å². The second-order valence-electron chi connectivity index (χ2n) is 6.47. The number of alkyl halides is 3. The molecule has 0 saturated carbocycles. The molecule has 0 aliphatic heterocycles. The van der Waals surface area contributed by atoms with Gasteiger partial charge in [0.05, 0.1) is 36.7 Å². The number of hydrogen-bond donors (Lipinski definition) is 1. The van der Waals surface area contributed by atoms with Crippen LogP contribution in [0, 0.1) is 0 Å². The number of furan rings is 1. The van der Waals surface area contributed by atoms with Crippen LogP contribution in [0.5, 0.6) is 5.75 Å². The first-order chi connectivity index (χ1) is 13.2. The Hall–Kier alpha value is -3.16. The molecule has 0 aliphatic carbocycles. The Bertz CT molecular complexity index is 1010. The van der Waals surface area contributed by atoms with Crippen molar-refractivity contribution in [3.63, 3.8) is 0 Å². The molecule has 0 aliphatic rings. The summed E-state index contributed by atoms with van der Waals surface area (Å²) in [6, 6.07) is 8.48.